The van der Waals surface area contributed by atoms with E-state index in [9.17, 15) is 9.59 Å². The molecule has 0 fully saturated rings. The minimum Gasteiger partial charge on any atom is -0.293 e. The molecule has 0 amide bonds. The minimum atomic E-state index is -0.846. The molecule has 1 aliphatic carbocycles. The molecule has 1 aromatic heterocycles. The van der Waals surface area contributed by atoms with Crippen LogP contribution in [0.4, 0.5) is 0 Å². The first-order chi connectivity index (χ1) is 8.68. The molecule has 0 radical (unpaired) electrons. The van der Waals surface area contributed by atoms with Gasteiger partial charge in [-0.2, -0.15) is 0 Å². The summed E-state index contributed by atoms with van der Waals surface area (Å²) < 4.78 is 0. The Morgan fingerprint density at radius 1 is 1.00 bits per heavy atom. The van der Waals surface area contributed by atoms with Crippen molar-refractivity contribution in [2.45, 2.75) is 5.92 Å². The number of aromatic nitrogens is 1. The lowest BCUT2D eigenvalue weighted by Gasteiger charge is -2.05. The first-order valence-electron chi connectivity index (χ1n) is 5.47. The van der Waals surface area contributed by atoms with Gasteiger partial charge in [0.05, 0.1) is 5.69 Å². The zero-order valence-electron chi connectivity index (χ0n) is 9.26. The van der Waals surface area contributed by atoms with Crippen LogP contribution in [-0.2, 0) is 0 Å². The second-order valence-corrected chi connectivity index (χ2v) is 4.54. The zero-order chi connectivity index (χ0) is 12.7. The molecular weight excluding hydrogens is 250 g/mol. The summed E-state index contributed by atoms with van der Waals surface area (Å²) in [6.07, 6.45) is 1.50. The quantitative estimate of drug-likeness (QED) is 0.738. The highest BCUT2D eigenvalue weighted by Gasteiger charge is 2.40. The second kappa shape index (κ2) is 4.03. The smallest absolute Gasteiger partial charge is 0.180 e. The van der Waals surface area contributed by atoms with Gasteiger partial charge in [0, 0.05) is 22.3 Å². The average Bonchev–Trinajstić information content (AvgIpc) is 2.63. The van der Waals surface area contributed by atoms with Gasteiger partial charge in [0.15, 0.2) is 11.6 Å². The SMILES string of the molecule is O=C1c2ccccc2C(=O)C1c1cc(Cl)ccn1. The summed E-state index contributed by atoms with van der Waals surface area (Å²) in [6, 6.07) is 10.0. The Balaban J connectivity index is 2.12. The van der Waals surface area contributed by atoms with Crippen LogP contribution in [0, 0.1) is 0 Å². The van der Waals surface area contributed by atoms with E-state index in [-0.39, 0.29) is 11.6 Å². The fourth-order valence-electron chi connectivity index (χ4n) is 2.19. The fourth-order valence-corrected chi connectivity index (χ4v) is 2.36. The van der Waals surface area contributed by atoms with Gasteiger partial charge in [0.2, 0.25) is 0 Å². The van der Waals surface area contributed by atoms with Gasteiger partial charge in [-0.05, 0) is 12.1 Å². The van der Waals surface area contributed by atoms with Crippen molar-refractivity contribution >= 4 is 23.2 Å². The van der Waals surface area contributed by atoms with Crippen LogP contribution in [0.2, 0.25) is 5.02 Å². The summed E-state index contributed by atoms with van der Waals surface area (Å²) in [7, 11) is 0. The Hall–Kier alpha value is -2.00. The van der Waals surface area contributed by atoms with Gasteiger partial charge < -0.3 is 0 Å². The number of hydrogen-bond donors (Lipinski definition) is 0. The van der Waals surface area contributed by atoms with E-state index in [1.165, 1.54) is 6.20 Å². The number of carbonyl (C=O) groups excluding carboxylic acids is 2. The molecule has 18 heavy (non-hydrogen) atoms. The lowest BCUT2D eigenvalue weighted by atomic mass is 9.99. The first-order valence-corrected chi connectivity index (χ1v) is 5.85. The number of ketones is 2. The largest absolute Gasteiger partial charge is 0.293 e. The topological polar surface area (TPSA) is 47.0 Å². The van der Waals surface area contributed by atoms with Gasteiger partial charge in [0.25, 0.3) is 0 Å². The molecule has 0 saturated carbocycles. The molecule has 1 heterocycles. The first kappa shape index (κ1) is 11.1. The van der Waals surface area contributed by atoms with Crippen molar-refractivity contribution in [3.8, 4) is 0 Å². The van der Waals surface area contributed by atoms with Crippen LogP contribution < -0.4 is 0 Å². The van der Waals surface area contributed by atoms with E-state index in [0.717, 1.165) is 0 Å². The van der Waals surface area contributed by atoms with E-state index in [2.05, 4.69) is 4.98 Å². The maximum absolute atomic E-state index is 12.2. The molecule has 2 aromatic rings. The number of Topliss-reactive ketones (excluding diaryl/α,β-unsaturated/α-hetero) is 2. The Bertz CT molecular complexity index is 631. The minimum absolute atomic E-state index is 0.203. The van der Waals surface area contributed by atoms with E-state index in [1.807, 2.05) is 0 Å². The summed E-state index contributed by atoms with van der Waals surface area (Å²) in [5.74, 6) is -1.25. The van der Waals surface area contributed by atoms with Gasteiger partial charge in [-0.3, -0.25) is 14.6 Å². The Morgan fingerprint density at radius 2 is 1.61 bits per heavy atom. The zero-order valence-corrected chi connectivity index (χ0v) is 10.0. The van der Waals surface area contributed by atoms with Crippen LogP contribution >= 0.6 is 11.6 Å². The van der Waals surface area contributed by atoms with Crippen molar-refractivity contribution in [1.82, 2.24) is 4.98 Å². The van der Waals surface area contributed by atoms with Crippen LogP contribution in [-0.4, -0.2) is 16.6 Å². The van der Waals surface area contributed by atoms with E-state index in [1.54, 1.807) is 36.4 Å². The normalized spacial score (nSPS) is 14.9. The number of fused-ring (bicyclic) bond motifs is 1. The van der Waals surface area contributed by atoms with E-state index in [4.69, 9.17) is 11.6 Å². The van der Waals surface area contributed by atoms with Gasteiger partial charge in [-0.15, -0.1) is 0 Å². The number of nitrogens with zero attached hydrogens (tertiary/aromatic N) is 1. The maximum Gasteiger partial charge on any atom is 0.180 e. The van der Waals surface area contributed by atoms with Gasteiger partial charge in [-0.25, -0.2) is 0 Å². The second-order valence-electron chi connectivity index (χ2n) is 4.11. The van der Waals surface area contributed by atoms with Crippen molar-refractivity contribution in [3.63, 3.8) is 0 Å². The highest BCUT2D eigenvalue weighted by molar-refractivity contribution is 6.31. The summed E-state index contributed by atoms with van der Waals surface area (Å²) in [4.78, 5) is 28.5. The number of hydrogen-bond acceptors (Lipinski definition) is 3. The van der Waals surface area contributed by atoms with Gasteiger partial charge in [0.1, 0.15) is 5.92 Å². The summed E-state index contributed by atoms with van der Waals surface area (Å²) >= 11 is 5.87. The third-order valence-electron chi connectivity index (χ3n) is 3.02. The molecule has 0 N–H and O–H groups in total. The van der Waals surface area contributed by atoms with Crippen LogP contribution in [0.25, 0.3) is 0 Å². The fraction of sp³-hybridized carbons (Fsp3) is 0.0714. The molecule has 0 aliphatic heterocycles. The number of halogens is 1. The summed E-state index contributed by atoms with van der Waals surface area (Å²) in [5.41, 5.74) is 1.34. The lowest BCUT2D eigenvalue weighted by molar-refractivity contribution is 0.0888. The highest BCUT2D eigenvalue weighted by Crippen LogP contribution is 2.33. The maximum atomic E-state index is 12.2. The number of carbonyl (C=O) groups is 2. The predicted molar refractivity (Wildman–Crippen MR) is 67.1 cm³/mol. The van der Waals surface area contributed by atoms with Crippen LogP contribution in [0.15, 0.2) is 42.6 Å². The molecule has 0 unspecified atom stereocenters. The van der Waals surface area contributed by atoms with Gasteiger partial charge in [-0.1, -0.05) is 35.9 Å². The number of benzene rings is 1. The molecule has 1 aromatic carbocycles. The molecule has 3 rings (SSSR count). The molecule has 0 bridgehead atoms. The molecule has 0 saturated heterocycles. The predicted octanol–water partition coefficient (Wildman–Crippen LogP) is 2.90. The molecule has 0 spiro atoms. The molecule has 0 atom stereocenters. The van der Waals surface area contributed by atoms with Crippen LogP contribution in [0.1, 0.15) is 32.3 Å². The summed E-state index contributed by atoms with van der Waals surface area (Å²) in [6.45, 7) is 0. The molecule has 1 aliphatic rings. The van der Waals surface area contributed by atoms with Crippen LogP contribution in [0.5, 0.6) is 0 Å². The van der Waals surface area contributed by atoms with Crippen molar-refractivity contribution in [3.05, 3.63) is 64.4 Å². The van der Waals surface area contributed by atoms with E-state index >= 15 is 0 Å². The molecule has 88 valence electrons. The van der Waals surface area contributed by atoms with E-state index < -0.39 is 5.92 Å². The Morgan fingerprint density at radius 3 is 2.17 bits per heavy atom. The van der Waals surface area contributed by atoms with Crippen LogP contribution in [0.3, 0.4) is 0 Å². The van der Waals surface area contributed by atoms with Crippen molar-refractivity contribution < 1.29 is 9.59 Å². The monoisotopic (exact) mass is 257 g/mol. The number of rotatable bonds is 1. The van der Waals surface area contributed by atoms with E-state index in [0.29, 0.717) is 21.8 Å². The Labute approximate surface area is 108 Å². The molecule has 4 heteroatoms. The molecular formula is C14H8ClNO2. The Kier molecular flexibility index (Phi) is 2.49. The standard InChI is InChI=1S/C14H8ClNO2/c15-8-5-6-16-11(7-8)12-13(17)9-3-1-2-4-10(9)14(12)18/h1-7,12H. The lowest BCUT2D eigenvalue weighted by Crippen LogP contribution is -2.14. The highest BCUT2D eigenvalue weighted by atomic mass is 35.5. The van der Waals surface area contributed by atoms with Crippen molar-refractivity contribution in [2.75, 3.05) is 0 Å². The average molecular weight is 258 g/mol. The van der Waals surface area contributed by atoms with Gasteiger partial charge >= 0.3 is 0 Å². The number of pyridine rings is 1. The molecule has 3 nitrogen and oxygen atoms in total. The summed E-state index contributed by atoms with van der Waals surface area (Å²) in [5, 5.41) is 0.469. The third kappa shape index (κ3) is 1.56. The third-order valence-corrected chi connectivity index (χ3v) is 3.26. The van der Waals surface area contributed by atoms with Crippen molar-refractivity contribution in [1.29, 1.82) is 0 Å². The van der Waals surface area contributed by atoms with Crippen molar-refractivity contribution in [2.24, 2.45) is 0 Å².